The maximum Gasteiger partial charge on any atom is 0.345 e. The highest BCUT2D eigenvalue weighted by Crippen LogP contribution is 2.35. The predicted molar refractivity (Wildman–Crippen MR) is 189 cm³/mol. The monoisotopic (exact) mass is 743 g/mol. The molecule has 1 amide bonds. The molecule has 5 aromatic carbocycles. The van der Waals surface area contributed by atoms with Crippen molar-refractivity contribution in [2.24, 2.45) is 0 Å². The number of carbonyl (C=O) groups excluding carboxylic acids is 1. The minimum Gasteiger partial charge on any atom is -0.478 e. The molecule has 0 aliphatic rings. The number of fused-ring (bicyclic) bond motifs is 1. The third-order valence-electron chi connectivity index (χ3n) is 7.52. The molecule has 10 heteroatoms. The minimum absolute atomic E-state index is 0.114. The summed E-state index contributed by atoms with van der Waals surface area (Å²) < 4.78 is 18.2. The van der Waals surface area contributed by atoms with Crippen LogP contribution in [0.3, 0.4) is 0 Å². The Morgan fingerprint density at radius 1 is 0.771 bits per heavy atom. The SMILES string of the molecule is O=C(O)C(Cc1ccccc1)Oc1ccc2cc(CN(Cc3ccccc3)C(=O)c3ccc(Oc4cc(Cl)cc(Cl)c4)o3)ccc2c1Br. The van der Waals surface area contributed by atoms with Crippen molar-refractivity contribution in [2.75, 3.05) is 0 Å². The summed E-state index contributed by atoms with van der Waals surface area (Å²) in [5, 5.41) is 12.4. The molecule has 6 aromatic rings. The zero-order chi connectivity index (χ0) is 33.6. The molecule has 6 rings (SSSR count). The van der Waals surface area contributed by atoms with E-state index in [1.54, 1.807) is 41.3 Å². The van der Waals surface area contributed by atoms with Gasteiger partial charge in [-0.25, -0.2) is 4.79 Å². The highest BCUT2D eigenvalue weighted by atomic mass is 79.9. The Balaban J connectivity index is 1.22. The van der Waals surface area contributed by atoms with Crippen LogP contribution in [0.5, 0.6) is 17.4 Å². The number of amides is 1. The van der Waals surface area contributed by atoms with Gasteiger partial charge in [0.2, 0.25) is 0 Å². The van der Waals surface area contributed by atoms with Crippen molar-refractivity contribution < 1.29 is 28.6 Å². The second-order valence-electron chi connectivity index (χ2n) is 11.0. The van der Waals surface area contributed by atoms with Crippen LogP contribution in [0.15, 0.2) is 130 Å². The van der Waals surface area contributed by atoms with Crippen LogP contribution in [0.25, 0.3) is 10.8 Å². The number of carboxylic acids is 1. The summed E-state index contributed by atoms with van der Waals surface area (Å²) in [5.41, 5.74) is 2.71. The summed E-state index contributed by atoms with van der Waals surface area (Å²) in [5.74, 6) is -0.320. The van der Waals surface area contributed by atoms with Crippen molar-refractivity contribution in [1.29, 1.82) is 0 Å². The van der Waals surface area contributed by atoms with E-state index < -0.39 is 12.1 Å². The number of ether oxygens (including phenoxy) is 2. The Morgan fingerprint density at radius 2 is 1.44 bits per heavy atom. The van der Waals surface area contributed by atoms with Crippen LogP contribution in [-0.4, -0.2) is 28.0 Å². The number of halogens is 3. The number of carboxylic acid groups (broad SMARTS) is 1. The number of benzene rings is 5. The molecular formula is C38H28BrCl2NO6. The molecule has 1 aromatic heterocycles. The van der Waals surface area contributed by atoms with Gasteiger partial charge in [-0.3, -0.25) is 4.79 Å². The number of hydrogen-bond acceptors (Lipinski definition) is 5. The van der Waals surface area contributed by atoms with Crippen LogP contribution in [0.2, 0.25) is 10.0 Å². The van der Waals surface area contributed by atoms with Crippen LogP contribution >= 0.6 is 39.1 Å². The largest absolute Gasteiger partial charge is 0.478 e. The fourth-order valence-electron chi connectivity index (χ4n) is 5.24. The maximum atomic E-state index is 13.8. The minimum atomic E-state index is -1.06. The van der Waals surface area contributed by atoms with Crippen LogP contribution in [0.4, 0.5) is 0 Å². The van der Waals surface area contributed by atoms with Gasteiger partial charge in [-0.15, -0.1) is 0 Å². The smallest absolute Gasteiger partial charge is 0.345 e. The van der Waals surface area contributed by atoms with Gasteiger partial charge in [0.15, 0.2) is 11.9 Å². The van der Waals surface area contributed by atoms with Crippen LogP contribution < -0.4 is 9.47 Å². The fraction of sp³-hybridized carbons (Fsp3) is 0.105. The molecule has 1 N–H and O–H groups in total. The Labute approximate surface area is 295 Å². The molecule has 0 bridgehead atoms. The molecule has 242 valence electrons. The van der Waals surface area contributed by atoms with Crippen LogP contribution in [-0.2, 0) is 24.3 Å². The quantitative estimate of drug-likeness (QED) is 0.134. The van der Waals surface area contributed by atoms with Crippen molar-refractivity contribution >= 4 is 61.8 Å². The number of hydrogen-bond donors (Lipinski definition) is 1. The first-order valence-electron chi connectivity index (χ1n) is 14.9. The van der Waals surface area contributed by atoms with Crippen molar-refractivity contribution in [3.8, 4) is 17.4 Å². The van der Waals surface area contributed by atoms with Gasteiger partial charge in [-0.1, -0.05) is 102 Å². The lowest BCUT2D eigenvalue weighted by Gasteiger charge is -2.22. The van der Waals surface area contributed by atoms with Crippen molar-refractivity contribution in [1.82, 2.24) is 4.90 Å². The summed E-state index contributed by atoms with van der Waals surface area (Å²) in [7, 11) is 0. The van der Waals surface area contributed by atoms with E-state index in [0.29, 0.717) is 39.1 Å². The fourth-order valence-corrected chi connectivity index (χ4v) is 6.34. The van der Waals surface area contributed by atoms with Crippen molar-refractivity contribution in [2.45, 2.75) is 25.6 Å². The number of rotatable bonds is 12. The first kappa shape index (κ1) is 33.2. The summed E-state index contributed by atoms with van der Waals surface area (Å²) in [6.07, 6.45) is -0.836. The summed E-state index contributed by atoms with van der Waals surface area (Å²) in [4.78, 5) is 27.6. The first-order valence-corrected chi connectivity index (χ1v) is 16.5. The Hall–Kier alpha value is -4.76. The molecule has 0 aliphatic heterocycles. The van der Waals surface area contributed by atoms with Gasteiger partial charge in [0.25, 0.3) is 11.9 Å². The topological polar surface area (TPSA) is 89.2 Å². The molecule has 0 fully saturated rings. The molecule has 1 unspecified atom stereocenters. The molecule has 0 radical (unpaired) electrons. The van der Waals surface area contributed by atoms with Gasteiger partial charge >= 0.3 is 5.97 Å². The molecular weight excluding hydrogens is 717 g/mol. The van der Waals surface area contributed by atoms with Crippen molar-refractivity contribution in [3.63, 3.8) is 0 Å². The average Bonchev–Trinajstić information content (AvgIpc) is 3.53. The van der Waals surface area contributed by atoms with E-state index in [-0.39, 0.29) is 24.0 Å². The molecule has 1 heterocycles. The molecule has 0 aliphatic carbocycles. The lowest BCUT2D eigenvalue weighted by Crippen LogP contribution is -2.30. The van der Waals surface area contributed by atoms with E-state index in [0.717, 1.165) is 27.5 Å². The van der Waals surface area contributed by atoms with Crippen LogP contribution in [0, 0.1) is 0 Å². The summed E-state index contributed by atoms with van der Waals surface area (Å²) >= 11 is 15.8. The molecule has 0 saturated heterocycles. The number of carbonyl (C=O) groups is 2. The summed E-state index contributed by atoms with van der Waals surface area (Å²) in [6.45, 7) is 0.630. The van der Waals surface area contributed by atoms with Gasteiger partial charge < -0.3 is 23.9 Å². The Kier molecular flexibility index (Phi) is 10.3. The second kappa shape index (κ2) is 15.0. The zero-order valence-electron chi connectivity index (χ0n) is 25.3. The van der Waals surface area contributed by atoms with E-state index in [1.807, 2.05) is 84.9 Å². The lowest BCUT2D eigenvalue weighted by atomic mass is 10.1. The molecule has 1 atom stereocenters. The van der Waals surface area contributed by atoms with Gasteiger partial charge in [0, 0.05) is 35.6 Å². The van der Waals surface area contributed by atoms with E-state index in [1.165, 1.54) is 0 Å². The number of aliphatic carboxylic acids is 1. The molecule has 0 saturated carbocycles. The van der Waals surface area contributed by atoms with E-state index in [4.69, 9.17) is 37.1 Å². The second-order valence-corrected chi connectivity index (χ2v) is 12.7. The van der Waals surface area contributed by atoms with Crippen molar-refractivity contribution in [3.05, 3.63) is 158 Å². The molecule has 48 heavy (non-hydrogen) atoms. The average molecular weight is 745 g/mol. The van der Waals surface area contributed by atoms with Gasteiger partial charge in [0.05, 0.1) is 4.47 Å². The third kappa shape index (κ3) is 8.20. The number of furan rings is 1. The zero-order valence-corrected chi connectivity index (χ0v) is 28.4. The molecule has 0 spiro atoms. The van der Waals surface area contributed by atoms with E-state index in [2.05, 4.69) is 15.9 Å². The van der Waals surface area contributed by atoms with E-state index >= 15 is 0 Å². The Morgan fingerprint density at radius 3 is 2.12 bits per heavy atom. The highest BCUT2D eigenvalue weighted by Gasteiger charge is 2.23. The normalized spacial score (nSPS) is 11.6. The number of nitrogens with zero attached hydrogens (tertiary/aromatic N) is 1. The highest BCUT2D eigenvalue weighted by molar-refractivity contribution is 9.10. The van der Waals surface area contributed by atoms with Gasteiger partial charge in [-0.2, -0.15) is 0 Å². The lowest BCUT2D eigenvalue weighted by molar-refractivity contribution is -0.145. The predicted octanol–water partition coefficient (Wildman–Crippen LogP) is 10.2. The van der Waals surface area contributed by atoms with E-state index in [9.17, 15) is 14.7 Å². The van der Waals surface area contributed by atoms with Gasteiger partial charge in [0.1, 0.15) is 11.5 Å². The van der Waals surface area contributed by atoms with Gasteiger partial charge in [-0.05, 0) is 79.8 Å². The third-order valence-corrected chi connectivity index (χ3v) is 8.77. The Bertz CT molecular complexity index is 2050. The van der Waals surface area contributed by atoms with Crippen LogP contribution in [0.1, 0.15) is 27.2 Å². The first-order chi connectivity index (χ1) is 23.2. The summed E-state index contributed by atoms with van der Waals surface area (Å²) in [6, 6.07) is 36.5. The standard InChI is InChI=1S/C38H28BrCl2NO6/c39-36-31-13-11-26(17-27(31)12-14-32(36)47-34(38(44)45)18-24-7-3-1-4-8-24)23-42(22-25-9-5-2-6-10-25)37(43)33-15-16-35(48-33)46-30-20-28(40)19-29(41)21-30/h1-17,19-21,34H,18,22-23H2,(H,44,45). The molecule has 7 nitrogen and oxygen atoms in total. The maximum absolute atomic E-state index is 13.8.